The lowest BCUT2D eigenvalue weighted by molar-refractivity contribution is 0.101. The summed E-state index contributed by atoms with van der Waals surface area (Å²) < 4.78 is 7.64. The summed E-state index contributed by atoms with van der Waals surface area (Å²) in [5.41, 5.74) is 0. The molecule has 1 N–H and O–H groups in total. The molecule has 2 aromatic heterocycles. The van der Waals surface area contributed by atoms with Crippen molar-refractivity contribution in [1.29, 1.82) is 0 Å². The minimum absolute atomic E-state index is 0.437. The van der Waals surface area contributed by atoms with Crippen molar-refractivity contribution in [3.63, 3.8) is 0 Å². The van der Waals surface area contributed by atoms with Crippen LogP contribution in [-0.4, -0.2) is 39.5 Å². The number of nitrogens with zero attached hydrogens (tertiary/aromatic N) is 3. The molecule has 114 valence electrons. The fourth-order valence-electron chi connectivity index (χ4n) is 2.77. The van der Waals surface area contributed by atoms with Gasteiger partial charge in [-0.1, -0.05) is 6.92 Å². The van der Waals surface area contributed by atoms with Gasteiger partial charge in [-0.3, -0.25) is 9.58 Å². The zero-order valence-electron chi connectivity index (χ0n) is 12.6. The van der Waals surface area contributed by atoms with Crippen molar-refractivity contribution in [3.8, 4) is 0 Å². The lowest BCUT2D eigenvalue weighted by atomic mass is 10.3. The van der Waals surface area contributed by atoms with Crippen LogP contribution in [0.25, 0.3) is 0 Å². The third-order valence-corrected chi connectivity index (χ3v) is 4.06. The molecule has 0 aliphatic heterocycles. The van der Waals surface area contributed by atoms with Crippen molar-refractivity contribution in [2.24, 2.45) is 5.92 Å². The number of aliphatic hydroxyl groups is 1. The summed E-state index contributed by atoms with van der Waals surface area (Å²) in [6.45, 7) is 4.08. The van der Waals surface area contributed by atoms with Crippen LogP contribution in [0.3, 0.4) is 0 Å². The van der Waals surface area contributed by atoms with E-state index in [9.17, 15) is 5.11 Å². The molecule has 0 spiro atoms. The quantitative estimate of drug-likeness (QED) is 0.848. The van der Waals surface area contributed by atoms with E-state index in [1.807, 2.05) is 19.3 Å². The minimum Gasteiger partial charge on any atom is -0.464 e. The summed E-state index contributed by atoms with van der Waals surface area (Å²) in [6, 6.07) is 6.01. The molecule has 5 heteroatoms. The Morgan fingerprint density at radius 1 is 1.52 bits per heavy atom. The Balaban J connectivity index is 1.47. The number of aromatic nitrogens is 2. The van der Waals surface area contributed by atoms with Gasteiger partial charge in [0.2, 0.25) is 0 Å². The van der Waals surface area contributed by atoms with Gasteiger partial charge in [-0.2, -0.15) is 5.10 Å². The van der Waals surface area contributed by atoms with Gasteiger partial charge < -0.3 is 9.52 Å². The van der Waals surface area contributed by atoms with Crippen molar-refractivity contribution < 1.29 is 9.52 Å². The van der Waals surface area contributed by atoms with Crippen LogP contribution in [0.4, 0.5) is 0 Å². The van der Waals surface area contributed by atoms with Gasteiger partial charge >= 0.3 is 0 Å². The van der Waals surface area contributed by atoms with Crippen LogP contribution in [0.1, 0.15) is 30.8 Å². The van der Waals surface area contributed by atoms with Gasteiger partial charge in [-0.05, 0) is 37.6 Å². The summed E-state index contributed by atoms with van der Waals surface area (Å²) in [4.78, 5) is 2.08. The normalized spacial score (nSPS) is 22.7. The van der Waals surface area contributed by atoms with E-state index in [1.165, 1.54) is 6.42 Å². The highest BCUT2D eigenvalue weighted by molar-refractivity contribution is 5.17. The first kappa shape index (κ1) is 14.4. The second kappa shape index (κ2) is 6.03. The van der Waals surface area contributed by atoms with Gasteiger partial charge in [-0.25, -0.2) is 0 Å². The first-order chi connectivity index (χ1) is 10.1. The largest absolute Gasteiger partial charge is 0.464 e. The highest BCUT2D eigenvalue weighted by atomic mass is 16.3. The van der Waals surface area contributed by atoms with Crippen molar-refractivity contribution in [3.05, 3.63) is 42.1 Å². The van der Waals surface area contributed by atoms with Crippen molar-refractivity contribution in [2.45, 2.75) is 38.5 Å². The van der Waals surface area contributed by atoms with Gasteiger partial charge in [0.25, 0.3) is 0 Å². The smallest absolute Gasteiger partial charge is 0.118 e. The molecular weight excluding hydrogens is 266 g/mol. The summed E-state index contributed by atoms with van der Waals surface area (Å²) in [5, 5.41) is 14.2. The molecule has 2 heterocycles. The van der Waals surface area contributed by atoms with E-state index in [2.05, 4.69) is 29.1 Å². The summed E-state index contributed by atoms with van der Waals surface area (Å²) in [5.74, 6) is 3.47. The zero-order valence-corrected chi connectivity index (χ0v) is 12.6. The molecule has 0 unspecified atom stereocenters. The highest BCUT2D eigenvalue weighted by Gasteiger charge is 2.36. The van der Waals surface area contributed by atoms with Crippen molar-refractivity contribution in [2.75, 3.05) is 13.6 Å². The van der Waals surface area contributed by atoms with Crippen LogP contribution in [0.15, 0.2) is 35.0 Å². The molecule has 0 radical (unpaired) electrons. The van der Waals surface area contributed by atoms with Crippen LogP contribution in [-0.2, 0) is 13.1 Å². The standard InChI is InChI=1S/C16H23N3O2/c1-12-8-15(12)16-5-4-14(21-16)11-18(2)9-13(20)10-19-7-3-6-17-19/h3-7,12-13,15,20H,8-11H2,1-2H3/t12-,13-,15-/m1/s1. The van der Waals surface area contributed by atoms with E-state index in [-0.39, 0.29) is 0 Å². The lowest BCUT2D eigenvalue weighted by Gasteiger charge is -2.19. The third-order valence-electron chi connectivity index (χ3n) is 4.06. The fourth-order valence-corrected chi connectivity index (χ4v) is 2.77. The van der Waals surface area contributed by atoms with E-state index < -0.39 is 6.10 Å². The van der Waals surface area contributed by atoms with E-state index in [0.29, 0.717) is 19.0 Å². The Morgan fingerprint density at radius 3 is 3.00 bits per heavy atom. The van der Waals surface area contributed by atoms with Gasteiger partial charge in [0, 0.05) is 24.9 Å². The molecule has 0 amide bonds. The van der Waals surface area contributed by atoms with Gasteiger partial charge in [0.1, 0.15) is 11.5 Å². The third kappa shape index (κ3) is 3.74. The average Bonchev–Trinajstić information content (AvgIpc) is 2.83. The topological polar surface area (TPSA) is 54.4 Å². The molecule has 2 aromatic rings. The number of furan rings is 1. The summed E-state index contributed by atoms with van der Waals surface area (Å²) in [6.07, 6.45) is 4.39. The predicted molar refractivity (Wildman–Crippen MR) is 79.8 cm³/mol. The van der Waals surface area contributed by atoms with E-state index in [4.69, 9.17) is 4.42 Å². The SMILES string of the molecule is C[C@@H]1C[C@H]1c1ccc(CN(C)C[C@@H](O)Cn2cccn2)o1. The molecule has 1 aliphatic carbocycles. The van der Waals surface area contributed by atoms with Crippen molar-refractivity contribution in [1.82, 2.24) is 14.7 Å². The van der Waals surface area contributed by atoms with Crippen LogP contribution in [0.5, 0.6) is 0 Å². The number of rotatable bonds is 7. The first-order valence-electron chi connectivity index (χ1n) is 7.54. The molecule has 0 aromatic carbocycles. The second-order valence-electron chi connectivity index (χ2n) is 6.20. The fraction of sp³-hybridized carbons (Fsp3) is 0.562. The number of aliphatic hydroxyl groups excluding tert-OH is 1. The Hall–Kier alpha value is -1.59. The Labute approximate surface area is 125 Å². The van der Waals surface area contributed by atoms with E-state index in [1.54, 1.807) is 10.9 Å². The first-order valence-corrected chi connectivity index (χ1v) is 7.54. The molecular formula is C16H23N3O2. The molecule has 0 saturated heterocycles. The van der Waals surface area contributed by atoms with Crippen LogP contribution < -0.4 is 0 Å². The van der Waals surface area contributed by atoms with Gasteiger partial charge in [-0.15, -0.1) is 0 Å². The van der Waals surface area contributed by atoms with Gasteiger partial charge in [0.05, 0.1) is 19.2 Å². The van der Waals surface area contributed by atoms with Gasteiger partial charge in [0.15, 0.2) is 0 Å². The Bertz CT molecular complexity index is 564. The monoisotopic (exact) mass is 289 g/mol. The highest BCUT2D eigenvalue weighted by Crippen LogP contribution is 2.47. The Morgan fingerprint density at radius 2 is 2.33 bits per heavy atom. The maximum atomic E-state index is 10.1. The number of hydrogen-bond donors (Lipinski definition) is 1. The molecule has 1 fully saturated rings. The van der Waals surface area contributed by atoms with Crippen molar-refractivity contribution >= 4 is 0 Å². The maximum absolute atomic E-state index is 10.1. The molecule has 1 aliphatic rings. The molecule has 5 nitrogen and oxygen atoms in total. The predicted octanol–water partition coefficient (Wildman–Crippen LogP) is 2.09. The molecule has 0 bridgehead atoms. The van der Waals surface area contributed by atoms with Crippen LogP contribution >= 0.6 is 0 Å². The minimum atomic E-state index is -0.437. The van der Waals surface area contributed by atoms with Crippen LogP contribution in [0.2, 0.25) is 0 Å². The lowest BCUT2D eigenvalue weighted by Crippen LogP contribution is -2.31. The molecule has 1 saturated carbocycles. The Kier molecular flexibility index (Phi) is 4.12. The second-order valence-corrected chi connectivity index (χ2v) is 6.20. The average molecular weight is 289 g/mol. The molecule has 3 rings (SSSR count). The van der Waals surface area contributed by atoms with E-state index >= 15 is 0 Å². The zero-order chi connectivity index (χ0) is 14.8. The number of hydrogen-bond acceptors (Lipinski definition) is 4. The molecule has 21 heavy (non-hydrogen) atoms. The summed E-state index contributed by atoms with van der Waals surface area (Å²) in [7, 11) is 1.99. The number of likely N-dealkylation sites (N-methyl/N-ethyl adjacent to an activating group) is 1. The summed E-state index contributed by atoms with van der Waals surface area (Å²) >= 11 is 0. The van der Waals surface area contributed by atoms with Crippen LogP contribution in [0, 0.1) is 5.92 Å². The maximum Gasteiger partial charge on any atom is 0.118 e. The molecule has 3 atom stereocenters. The van der Waals surface area contributed by atoms with E-state index in [0.717, 1.165) is 24.0 Å².